The molecule has 1 heterocycles. The fourth-order valence-electron chi connectivity index (χ4n) is 1.55. The Morgan fingerprint density at radius 2 is 2.05 bits per heavy atom. The van der Waals surface area contributed by atoms with Crippen LogP contribution < -0.4 is 10.6 Å². The number of rotatable bonds is 3. The second kappa shape index (κ2) is 7.23. The number of carbonyl (C=O) groups excluding carboxylic acids is 2. The molecule has 0 saturated carbocycles. The highest BCUT2D eigenvalue weighted by atomic mass is 32.2. The SMILES string of the molecule is CN(C)C(=S)SCC(=O)NC(=O)N[C@@H]1CCS(=O)(=O)C1. The van der Waals surface area contributed by atoms with Gasteiger partial charge in [-0.1, -0.05) is 24.0 Å². The maximum absolute atomic E-state index is 11.5. The van der Waals surface area contributed by atoms with Crippen molar-refractivity contribution in [1.29, 1.82) is 0 Å². The number of nitrogens with zero attached hydrogens (tertiary/aromatic N) is 1. The van der Waals surface area contributed by atoms with Gasteiger partial charge in [0, 0.05) is 20.1 Å². The maximum atomic E-state index is 11.5. The van der Waals surface area contributed by atoms with Gasteiger partial charge in [0.1, 0.15) is 4.32 Å². The van der Waals surface area contributed by atoms with Gasteiger partial charge in [-0.05, 0) is 6.42 Å². The minimum absolute atomic E-state index is 0.0351. The number of hydrogen-bond donors (Lipinski definition) is 2. The third kappa shape index (κ3) is 6.06. The van der Waals surface area contributed by atoms with Gasteiger partial charge >= 0.3 is 6.03 Å². The first-order valence-electron chi connectivity index (χ1n) is 5.84. The third-order valence-electron chi connectivity index (χ3n) is 2.51. The molecule has 10 heteroatoms. The van der Waals surface area contributed by atoms with Gasteiger partial charge in [-0.25, -0.2) is 13.2 Å². The van der Waals surface area contributed by atoms with Crippen molar-refractivity contribution in [2.24, 2.45) is 0 Å². The highest BCUT2D eigenvalue weighted by Crippen LogP contribution is 2.11. The fourth-order valence-corrected chi connectivity index (χ4v) is 3.98. The summed E-state index contributed by atoms with van der Waals surface area (Å²) in [5.41, 5.74) is 0. The normalized spacial score (nSPS) is 20.2. The predicted octanol–water partition coefficient (Wildman–Crippen LogP) is -0.421. The van der Waals surface area contributed by atoms with Gasteiger partial charge in [0.05, 0.1) is 17.3 Å². The van der Waals surface area contributed by atoms with E-state index in [1.807, 2.05) is 0 Å². The molecule has 1 saturated heterocycles. The van der Waals surface area contributed by atoms with E-state index in [1.54, 1.807) is 19.0 Å². The Hall–Kier alpha value is -0.870. The number of sulfone groups is 1. The first kappa shape index (κ1) is 17.2. The van der Waals surface area contributed by atoms with Crippen molar-refractivity contribution in [2.75, 3.05) is 31.4 Å². The summed E-state index contributed by atoms with van der Waals surface area (Å²) in [5.74, 6) is -0.446. The number of imide groups is 1. The van der Waals surface area contributed by atoms with Gasteiger partial charge in [0.15, 0.2) is 9.84 Å². The third-order valence-corrected chi connectivity index (χ3v) is 6.02. The topological polar surface area (TPSA) is 95.6 Å². The van der Waals surface area contributed by atoms with Gasteiger partial charge in [-0.15, -0.1) is 0 Å². The molecule has 2 N–H and O–H groups in total. The summed E-state index contributed by atoms with van der Waals surface area (Å²) in [6.45, 7) is 0. The quantitative estimate of drug-likeness (QED) is 0.674. The monoisotopic (exact) mass is 339 g/mol. The molecular weight excluding hydrogens is 322 g/mol. The zero-order valence-electron chi connectivity index (χ0n) is 11.2. The average Bonchev–Trinajstić information content (AvgIpc) is 2.65. The Morgan fingerprint density at radius 3 is 2.55 bits per heavy atom. The molecule has 0 spiro atoms. The molecule has 0 aromatic carbocycles. The summed E-state index contributed by atoms with van der Waals surface area (Å²) in [4.78, 5) is 24.7. The highest BCUT2D eigenvalue weighted by molar-refractivity contribution is 8.23. The Bertz CT molecular complexity index is 504. The Kier molecular flexibility index (Phi) is 6.21. The number of urea groups is 1. The van der Waals surface area contributed by atoms with Crippen LogP contribution in [0, 0.1) is 0 Å². The largest absolute Gasteiger partial charge is 0.364 e. The molecule has 0 aromatic heterocycles. The first-order chi connectivity index (χ1) is 9.19. The van der Waals surface area contributed by atoms with Crippen LogP contribution in [0.2, 0.25) is 0 Å². The minimum atomic E-state index is -3.05. The van der Waals surface area contributed by atoms with Crippen molar-refractivity contribution < 1.29 is 18.0 Å². The van der Waals surface area contributed by atoms with Crippen LogP contribution in [0.5, 0.6) is 0 Å². The van der Waals surface area contributed by atoms with Crippen molar-refractivity contribution in [3.8, 4) is 0 Å². The molecule has 7 nitrogen and oxygen atoms in total. The van der Waals surface area contributed by atoms with Crippen LogP contribution in [0.3, 0.4) is 0 Å². The summed E-state index contributed by atoms with van der Waals surface area (Å²) in [6, 6.07) is -1.10. The Morgan fingerprint density at radius 1 is 1.40 bits per heavy atom. The molecule has 0 aliphatic carbocycles. The van der Waals surface area contributed by atoms with Gasteiger partial charge < -0.3 is 10.2 Å². The van der Waals surface area contributed by atoms with E-state index in [2.05, 4.69) is 10.6 Å². The van der Waals surface area contributed by atoms with E-state index in [0.717, 1.165) is 11.8 Å². The van der Waals surface area contributed by atoms with E-state index >= 15 is 0 Å². The summed E-state index contributed by atoms with van der Waals surface area (Å²) in [7, 11) is 0.474. The van der Waals surface area contributed by atoms with E-state index in [4.69, 9.17) is 12.2 Å². The Labute approximate surface area is 127 Å². The minimum Gasteiger partial charge on any atom is -0.364 e. The molecule has 1 fully saturated rings. The predicted molar refractivity (Wildman–Crippen MR) is 82.5 cm³/mol. The zero-order valence-corrected chi connectivity index (χ0v) is 13.7. The molecule has 20 heavy (non-hydrogen) atoms. The lowest BCUT2D eigenvalue weighted by Crippen LogP contribution is -2.45. The van der Waals surface area contributed by atoms with E-state index in [1.165, 1.54) is 0 Å². The molecule has 114 valence electrons. The van der Waals surface area contributed by atoms with Crippen molar-refractivity contribution in [2.45, 2.75) is 12.5 Å². The molecule has 1 atom stereocenters. The summed E-state index contributed by atoms with van der Waals surface area (Å²) < 4.78 is 23.0. The average molecular weight is 339 g/mol. The second-order valence-corrected chi connectivity index (χ2v) is 8.41. The van der Waals surface area contributed by atoms with Crippen LogP contribution in [-0.2, 0) is 14.6 Å². The van der Waals surface area contributed by atoms with Crippen LogP contribution in [0.25, 0.3) is 0 Å². The van der Waals surface area contributed by atoms with Crippen molar-refractivity contribution in [3.05, 3.63) is 0 Å². The van der Waals surface area contributed by atoms with Crippen LogP contribution >= 0.6 is 24.0 Å². The van der Waals surface area contributed by atoms with Crippen LogP contribution in [0.1, 0.15) is 6.42 Å². The molecule has 0 radical (unpaired) electrons. The highest BCUT2D eigenvalue weighted by Gasteiger charge is 2.29. The van der Waals surface area contributed by atoms with E-state index < -0.39 is 27.8 Å². The molecule has 1 aliphatic heterocycles. The molecule has 1 aliphatic rings. The van der Waals surface area contributed by atoms with Crippen LogP contribution in [-0.4, -0.2) is 67.0 Å². The number of hydrogen-bond acceptors (Lipinski definition) is 6. The van der Waals surface area contributed by atoms with E-state index in [9.17, 15) is 18.0 Å². The number of nitrogens with one attached hydrogen (secondary N) is 2. The van der Waals surface area contributed by atoms with Crippen LogP contribution in [0.4, 0.5) is 4.79 Å². The molecule has 1 rings (SSSR count). The number of thioether (sulfide) groups is 1. The van der Waals surface area contributed by atoms with Crippen molar-refractivity contribution >= 4 is 50.1 Å². The lowest BCUT2D eigenvalue weighted by Gasteiger charge is -2.13. The number of amides is 3. The number of thiocarbonyl (C=S) groups is 1. The lowest BCUT2D eigenvalue weighted by molar-refractivity contribution is -0.117. The van der Waals surface area contributed by atoms with Gasteiger partial charge in [-0.3, -0.25) is 10.1 Å². The standard InChI is InChI=1S/C10H17N3O4S3/c1-13(2)10(18)19-5-8(14)12-9(15)11-7-3-4-20(16,17)6-7/h7H,3-6H2,1-2H3,(H2,11,12,14,15)/t7-/m1/s1. The summed E-state index contributed by atoms with van der Waals surface area (Å²) in [5, 5.41) is 4.62. The van der Waals surface area contributed by atoms with Crippen molar-refractivity contribution in [3.63, 3.8) is 0 Å². The molecule has 0 bridgehead atoms. The van der Waals surface area contributed by atoms with Crippen molar-refractivity contribution in [1.82, 2.24) is 15.5 Å². The lowest BCUT2D eigenvalue weighted by atomic mass is 10.3. The summed E-state index contributed by atoms with van der Waals surface area (Å²) >= 11 is 6.14. The van der Waals surface area contributed by atoms with E-state index in [-0.39, 0.29) is 17.3 Å². The second-order valence-electron chi connectivity index (χ2n) is 4.57. The van der Waals surface area contributed by atoms with Gasteiger partial charge in [0.2, 0.25) is 5.91 Å². The maximum Gasteiger partial charge on any atom is 0.321 e. The van der Waals surface area contributed by atoms with Gasteiger partial charge in [0.25, 0.3) is 0 Å². The molecule has 0 unspecified atom stereocenters. The van der Waals surface area contributed by atoms with Crippen LogP contribution in [0.15, 0.2) is 0 Å². The number of carbonyl (C=O) groups is 2. The van der Waals surface area contributed by atoms with Gasteiger partial charge in [-0.2, -0.15) is 0 Å². The fraction of sp³-hybridized carbons (Fsp3) is 0.700. The zero-order chi connectivity index (χ0) is 15.3. The Balaban J connectivity index is 2.29. The van der Waals surface area contributed by atoms with E-state index in [0.29, 0.717) is 10.7 Å². The molecule has 0 aromatic rings. The summed E-state index contributed by atoms with van der Waals surface area (Å²) in [6.07, 6.45) is 0.378. The smallest absolute Gasteiger partial charge is 0.321 e. The first-order valence-corrected chi connectivity index (χ1v) is 9.06. The molecule has 3 amide bonds. The molecular formula is C10H17N3O4S3.